The van der Waals surface area contributed by atoms with Crippen LogP contribution in [0.4, 0.5) is 4.79 Å². The molecular formula is C19H27NO6. The maximum Gasteiger partial charge on any atom is 0.411 e. The van der Waals surface area contributed by atoms with E-state index in [1.807, 2.05) is 18.2 Å². The van der Waals surface area contributed by atoms with Crippen molar-refractivity contribution in [2.24, 2.45) is 5.92 Å². The lowest BCUT2D eigenvalue weighted by Gasteiger charge is -2.26. The van der Waals surface area contributed by atoms with Gasteiger partial charge in [-0.2, -0.15) is 0 Å². The van der Waals surface area contributed by atoms with Gasteiger partial charge in [-0.15, -0.1) is 0 Å². The van der Waals surface area contributed by atoms with Crippen LogP contribution >= 0.6 is 0 Å². The van der Waals surface area contributed by atoms with E-state index in [2.05, 4.69) is 0 Å². The van der Waals surface area contributed by atoms with Gasteiger partial charge in [0.25, 0.3) is 0 Å². The van der Waals surface area contributed by atoms with Crippen molar-refractivity contribution in [3.05, 3.63) is 23.8 Å². The van der Waals surface area contributed by atoms with Gasteiger partial charge >= 0.3 is 12.1 Å². The number of carboxylic acids is 1. The second kappa shape index (κ2) is 7.85. The lowest BCUT2D eigenvalue weighted by Crippen LogP contribution is -2.43. The van der Waals surface area contributed by atoms with Gasteiger partial charge in [-0.1, -0.05) is 6.07 Å². The molecule has 1 unspecified atom stereocenters. The summed E-state index contributed by atoms with van der Waals surface area (Å²) >= 11 is 0. The number of carboxylic acid groups (broad SMARTS) is 1. The van der Waals surface area contributed by atoms with Gasteiger partial charge in [0, 0.05) is 6.54 Å². The van der Waals surface area contributed by atoms with E-state index in [1.54, 1.807) is 35.0 Å². The molecule has 2 rings (SSSR count). The zero-order valence-corrected chi connectivity index (χ0v) is 15.9. The van der Waals surface area contributed by atoms with Crippen molar-refractivity contribution in [2.75, 3.05) is 20.8 Å². The van der Waals surface area contributed by atoms with Gasteiger partial charge in [0.05, 0.1) is 14.2 Å². The molecule has 7 heteroatoms. The van der Waals surface area contributed by atoms with Gasteiger partial charge in [0.15, 0.2) is 11.5 Å². The zero-order valence-electron chi connectivity index (χ0n) is 15.9. The molecule has 26 heavy (non-hydrogen) atoms. The molecule has 1 aliphatic rings. The molecule has 0 saturated carbocycles. The maximum atomic E-state index is 12.4. The third-order valence-corrected chi connectivity index (χ3v) is 4.27. The third kappa shape index (κ3) is 4.80. The molecule has 1 N–H and O–H groups in total. The van der Waals surface area contributed by atoms with Crippen LogP contribution in [0.3, 0.4) is 0 Å². The summed E-state index contributed by atoms with van der Waals surface area (Å²) in [5.74, 6) is 0.288. The molecular weight excluding hydrogens is 338 g/mol. The summed E-state index contributed by atoms with van der Waals surface area (Å²) in [7, 11) is 3.15. The predicted molar refractivity (Wildman–Crippen MR) is 95.7 cm³/mol. The second-order valence-electron chi connectivity index (χ2n) is 7.48. The number of likely N-dealkylation sites (tertiary alicyclic amines) is 1. The van der Waals surface area contributed by atoms with Crippen LogP contribution < -0.4 is 9.47 Å². The van der Waals surface area contributed by atoms with Crippen molar-refractivity contribution in [2.45, 2.75) is 45.3 Å². The average Bonchev–Trinajstić information content (AvgIpc) is 2.97. The molecule has 1 aromatic rings. The minimum atomic E-state index is -1.01. The van der Waals surface area contributed by atoms with Crippen molar-refractivity contribution in [3.8, 4) is 11.5 Å². The first kappa shape index (κ1) is 19.9. The molecule has 1 aliphatic heterocycles. The highest BCUT2D eigenvalue weighted by Gasteiger charge is 2.41. The first-order valence-corrected chi connectivity index (χ1v) is 8.58. The van der Waals surface area contributed by atoms with Crippen LogP contribution in [0.2, 0.25) is 0 Å². The highest BCUT2D eigenvalue weighted by Crippen LogP contribution is 2.32. The van der Waals surface area contributed by atoms with E-state index in [1.165, 1.54) is 4.90 Å². The molecule has 0 aliphatic carbocycles. The number of aliphatic carboxylic acids is 1. The summed E-state index contributed by atoms with van der Waals surface area (Å²) in [4.78, 5) is 25.3. The van der Waals surface area contributed by atoms with E-state index in [0.717, 1.165) is 5.56 Å². The molecule has 7 nitrogen and oxygen atoms in total. The molecule has 144 valence electrons. The summed E-state index contributed by atoms with van der Waals surface area (Å²) < 4.78 is 15.9. The van der Waals surface area contributed by atoms with E-state index in [-0.39, 0.29) is 5.92 Å². The van der Waals surface area contributed by atoms with E-state index < -0.39 is 23.7 Å². The van der Waals surface area contributed by atoms with Crippen LogP contribution in [0.15, 0.2) is 18.2 Å². The van der Waals surface area contributed by atoms with Crippen molar-refractivity contribution in [1.82, 2.24) is 4.90 Å². The molecule has 1 saturated heterocycles. The molecule has 1 aromatic carbocycles. The van der Waals surface area contributed by atoms with Gasteiger partial charge in [-0.05, 0) is 57.2 Å². The summed E-state index contributed by atoms with van der Waals surface area (Å²) in [6.45, 7) is 5.63. The Morgan fingerprint density at radius 1 is 1.19 bits per heavy atom. The molecule has 0 aromatic heterocycles. The van der Waals surface area contributed by atoms with Crippen molar-refractivity contribution in [1.29, 1.82) is 0 Å². The summed E-state index contributed by atoms with van der Waals surface area (Å²) in [5, 5.41) is 9.48. The topological polar surface area (TPSA) is 85.3 Å². The lowest BCUT2D eigenvalue weighted by molar-refractivity contribution is -0.142. The fourth-order valence-electron chi connectivity index (χ4n) is 3.17. The Labute approximate surface area is 153 Å². The standard InChI is InChI=1S/C19H27NO6/c1-19(2,3)26-18(23)20-11-13(9-14(20)17(21)22)8-12-6-7-15(24-4)16(10-12)25-5/h6-7,10,13-14H,8-9,11H2,1-5H3,(H,21,22)/t13?,14-/m0/s1. The summed E-state index contributed by atoms with van der Waals surface area (Å²) in [6, 6.07) is 4.76. The third-order valence-electron chi connectivity index (χ3n) is 4.27. The normalized spacial score (nSPS) is 20.0. The Hall–Kier alpha value is -2.44. The van der Waals surface area contributed by atoms with E-state index in [0.29, 0.717) is 30.9 Å². The monoisotopic (exact) mass is 365 g/mol. The summed E-state index contributed by atoms with van der Waals surface area (Å²) in [5.41, 5.74) is 0.338. The lowest BCUT2D eigenvalue weighted by atomic mass is 9.96. The fourth-order valence-corrected chi connectivity index (χ4v) is 3.17. The maximum absolute atomic E-state index is 12.4. The number of benzene rings is 1. The SMILES string of the molecule is COc1ccc(CC2C[C@@H](C(=O)O)N(C(=O)OC(C)(C)C)C2)cc1OC. The predicted octanol–water partition coefficient (Wildman–Crippen LogP) is 2.96. The van der Waals surface area contributed by atoms with Crippen molar-refractivity contribution in [3.63, 3.8) is 0 Å². The Balaban J connectivity index is 2.12. The molecule has 0 radical (unpaired) electrons. The minimum Gasteiger partial charge on any atom is -0.493 e. The number of amides is 1. The van der Waals surface area contributed by atoms with Gasteiger partial charge in [0.1, 0.15) is 11.6 Å². The number of carbonyl (C=O) groups is 2. The van der Waals surface area contributed by atoms with Gasteiger partial charge in [0.2, 0.25) is 0 Å². The van der Waals surface area contributed by atoms with Crippen molar-refractivity contribution < 1.29 is 28.9 Å². The van der Waals surface area contributed by atoms with Crippen LogP contribution in [0, 0.1) is 5.92 Å². The molecule has 0 spiro atoms. The Bertz CT molecular complexity index is 666. The van der Waals surface area contributed by atoms with Gasteiger partial charge < -0.3 is 19.3 Å². The Kier molecular flexibility index (Phi) is 6.00. The van der Waals surface area contributed by atoms with E-state index >= 15 is 0 Å². The summed E-state index contributed by atoms with van der Waals surface area (Å²) in [6.07, 6.45) is 0.450. The number of nitrogens with zero attached hydrogens (tertiary/aromatic N) is 1. The highest BCUT2D eigenvalue weighted by molar-refractivity contribution is 5.81. The van der Waals surface area contributed by atoms with Gasteiger partial charge in [-0.3, -0.25) is 4.90 Å². The first-order chi connectivity index (χ1) is 12.1. The molecule has 2 atom stereocenters. The quantitative estimate of drug-likeness (QED) is 0.863. The second-order valence-corrected chi connectivity index (χ2v) is 7.48. The first-order valence-electron chi connectivity index (χ1n) is 8.58. The highest BCUT2D eigenvalue weighted by atomic mass is 16.6. The van der Waals surface area contributed by atoms with Gasteiger partial charge in [-0.25, -0.2) is 9.59 Å². The molecule has 1 amide bonds. The average molecular weight is 365 g/mol. The Morgan fingerprint density at radius 2 is 1.85 bits per heavy atom. The number of hydrogen-bond acceptors (Lipinski definition) is 5. The number of carbonyl (C=O) groups excluding carboxylic acids is 1. The Morgan fingerprint density at radius 3 is 2.38 bits per heavy atom. The number of methoxy groups -OCH3 is 2. The fraction of sp³-hybridized carbons (Fsp3) is 0.579. The van der Waals surface area contributed by atoms with Crippen LogP contribution in [0.25, 0.3) is 0 Å². The molecule has 0 bridgehead atoms. The van der Waals surface area contributed by atoms with Crippen molar-refractivity contribution >= 4 is 12.1 Å². The number of hydrogen-bond donors (Lipinski definition) is 1. The zero-order chi connectivity index (χ0) is 19.5. The molecule has 1 fully saturated rings. The van der Waals surface area contributed by atoms with Crippen LogP contribution in [-0.2, 0) is 16.0 Å². The van der Waals surface area contributed by atoms with E-state index in [9.17, 15) is 14.7 Å². The number of ether oxygens (including phenoxy) is 3. The van der Waals surface area contributed by atoms with Crippen LogP contribution in [-0.4, -0.2) is 54.5 Å². The smallest absolute Gasteiger partial charge is 0.411 e. The molecule has 1 heterocycles. The largest absolute Gasteiger partial charge is 0.493 e. The van der Waals surface area contributed by atoms with Crippen LogP contribution in [0.5, 0.6) is 11.5 Å². The van der Waals surface area contributed by atoms with E-state index in [4.69, 9.17) is 14.2 Å². The minimum absolute atomic E-state index is 0.0294. The number of rotatable bonds is 5. The van der Waals surface area contributed by atoms with Crippen LogP contribution in [0.1, 0.15) is 32.8 Å².